The van der Waals surface area contributed by atoms with Gasteiger partial charge in [-0.1, -0.05) is 6.07 Å². The Kier molecular flexibility index (Phi) is 7.31. The van der Waals surface area contributed by atoms with E-state index in [0.29, 0.717) is 54.8 Å². The maximum Gasteiger partial charge on any atom is 0.266 e. The van der Waals surface area contributed by atoms with E-state index in [2.05, 4.69) is 5.32 Å². The molecule has 1 saturated heterocycles. The Hall–Kier alpha value is -3.91. The molecule has 0 spiro atoms. The molecule has 9 nitrogen and oxygen atoms in total. The number of nitrogens with one attached hydrogen (secondary N) is 1. The van der Waals surface area contributed by atoms with Crippen LogP contribution in [-0.4, -0.2) is 52.0 Å². The summed E-state index contributed by atoms with van der Waals surface area (Å²) in [6.07, 6.45) is 1.34. The zero-order valence-electron chi connectivity index (χ0n) is 18.9. The van der Waals surface area contributed by atoms with Crippen LogP contribution in [-0.2, 0) is 19.6 Å². The second-order valence-corrected chi connectivity index (χ2v) is 9.54. The molecule has 180 valence electrons. The number of rotatable bonds is 7. The van der Waals surface area contributed by atoms with E-state index < -0.39 is 15.9 Å². The highest BCUT2D eigenvalue weighted by molar-refractivity contribution is 7.89. The summed E-state index contributed by atoms with van der Waals surface area (Å²) in [7, 11) is -2.07. The lowest BCUT2D eigenvalue weighted by Gasteiger charge is -2.26. The van der Waals surface area contributed by atoms with E-state index in [9.17, 15) is 18.5 Å². The molecular formula is C25H23N3O6S. The molecule has 1 aliphatic heterocycles. The topological polar surface area (TPSA) is 122 Å². The normalized spacial score (nSPS) is 14.8. The molecule has 3 aromatic rings. The van der Waals surface area contributed by atoms with E-state index in [1.54, 1.807) is 48.5 Å². The van der Waals surface area contributed by atoms with E-state index in [-0.39, 0.29) is 10.5 Å². The molecule has 2 aromatic carbocycles. The van der Waals surface area contributed by atoms with E-state index in [4.69, 9.17) is 13.9 Å². The third-order valence-electron chi connectivity index (χ3n) is 5.35. The molecule has 0 unspecified atom stereocenters. The molecule has 1 amide bonds. The first-order valence-electron chi connectivity index (χ1n) is 10.8. The van der Waals surface area contributed by atoms with Crippen molar-refractivity contribution in [2.45, 2.75) is 4.90 Å². The van der Waals surface area contributed by atoms with Gasteiger partial charge in [0.15, 0.2) is 0 Å². The first kappa shape index (κ1) is 24.2. The first-order valence-corrected chi connectivity index (χ1v) is 12.2. The summed E-state index contributed by atoms with van der Waals surface area (Å²) in [6, 6.07) is 18.3. The number of anilines is 1. The summed E-state index contributed by atoms with van der Waals surface area (Å²) in [6.45, 7) is 1.40. The number of hydrogen-bond donors (Lipinski definition) is 1. The fourth-order valence-corrected chi connectivity index (χ4v) is 4.91. The van der Waals surface area contributed by atoms with Gasteiger partial charge in [0, 0.05) is 36.5 Å². The maximum absolute atomic E-state index is 12.8. The van der Waals surface area contributed by atoms with Crippen molar-refractivity contribution in [2.24, 2.45) is 0 Å². The standard InChI is InChI=1S/C25H23N3O6S/c1-32-21-4-2-3-20(16-21)27-25(29)19(17-26)15-22-7-10-24(34-22)18-5-8-23(9-6-18)35(30,31)28-11-13-33-14-12-28/h2-10,15-16H,11-14H2,1H3,(H,27,29)/b19-15+. The second kappa shape index (κ2) is 10.6. The lowest BCUT2D eigenvalue weighted by molar-refractivity contribution is -0.112. The van der Waals surface area contributed by atoms with Gasteiger partial charge in [0.1, 0.15) is 28.9 Å². The lowest BCUT2D eigenvalue weighted by atomic mass is 10.2. The Morgan fingerprint density at radius 3 is 2.54 bits per heavy atom. The van der Waals surface area contributed by atoms with Crippen LogP contribution < -0.4 is 10.1 Å². The largest absolute Gasteiger partial charge is 0.497 e. The number of ether oxygens (including phenoxy) is 2. The lowest BCUT2D eigenvalue weighted by Crippen LogP contribution is -2.40. The summed E-state index contributed by atoms with van der Waals surface area (Å²) in [5.74, 6) is 0.764. The zero-order chi connectivity index (χ0) is 24.8. The van der Waals surface area contributed by atoms with Crippen LogP contribution in [0.15, 0.2) is 75.5 Å². The molecule has 4 rings (SSSR count). The number of morpholine rings is 1. The average Bonchev–Trinajstić information content (AvgIpc) is 3.36. The third-order valence-corrected chi connectivity index (χ3v) is 7.27. The summed E-state index contributed by atoms with van der Waals surface area (Å²) < 4.78 is 43.1. The van der Waals surface area contributed by atoms with Gasteiger partial charge in [-0.3, -0.25) is 4.79 Å². The number of furan rings is 1. The quantitative estimate of drug-likeness (QED) is 0.395. The van der Waals surface area contributed by atoms with Gasteiger partial charge in [-0.05, 0) is 48.5 Å². The first-order chi connectivity index (χ1) is 16.9. The van der Waals surface area contributed by atoms with E-state index in [1.165, 1.54) is 29.6 Å². The van der Waals surface area contributed by atoms with E-state index >= 15 is 0 Å². The molecule has 1 N–H and O–H groups in total. The van der Waals surface area contributed by atoms with Crippen molar-refractivity contribution in [1.82, 2.24) is 4.31 Å². The Morgan fingerprint density at radius 1 is 1.11 bits per heavy atom. The molecule has 0 aliphatic carbocycles. The Morgan fingerprint density at radius 2 is 1.86 bits per heavy atom. The number of carbonyl (C=O) groups is 1. The number of nitrogens with zero attached hydrogens (tertiary/aromatic N) is 2. The van der Waals surface area contributed by atoms with Crippen LogP contribution in [0.2, 0.25) is 0 Å². The highest BCUT2D eigenvalue weighted by Gasteiger charge is 2.26. The van der Waals surface area contributed by atoms with Gasteiger partial charge in [0.25, 0.3) is 5.91 Å². The highest BCUT2D eigenvalue weighted by atomic mass is 32.2. The van der Waals surface area contributed by atoms with Crippen LogP contribution in [0.5, 0.6) is 5.75 Å². The average molecular weight is 494 g/mol. The Balaban J connectivity index is 1.48. The molecule has 1 aromatic heterocycles. The number of benzene rings is 2. The molecule has 0 saturated carbocycles. The smallest absolute Gasteiger partial charge is 0.266 e. The molecule has 35 heavy (non-hydrogen) atoms. The van der Waals surface area contributed by atoms with Crippen LogP contribution in [0, 0.1) is 11.3 Å². The van der Waals surface area contributed by atoms with E-state index in [0.717, 1.165) is 0 Å². The molecule has 1 aliphatic rings. The Bertz CT molecular complexity index is 1380. The van der Waals surface area contributed by atoms with Crippen molar-refractivity contribution in [3.63, 3.8) is 0 Å². The molecule has 10 heteroatoms. The maximum atomic E-state index is 12.8. The SMILES string of the molecule is COc1cccc(NC(=O)/C(C#N)=C/c2ccc(-c3ccc(S(=O)(=O)N4CCOCC4)cc3)o2)c1. The van der Waals surface area contributed by atoms with Crippen molar-refractivity contribution < 1.29 is 27.1 Å². The molecule has 2 heterocycles. The van der Waals surface area contributed by atoms with Gasteiger partial charge in [0.2, 0.25) is 10.0 Å². The fraction of sp³-hybridized carbons (Fsp3) is 0.200. The van der Waals surface area contributed by atoms with Crippen molar-refractivity contribution in [3.05, 3.63) is 72.0 Å². The van der Waals surface area contributed by atoms with Crippen molar-refractivity contribution in [2.75, 3.05) is 38.7 Å². The molecule has 1 fully saturated rings. The fourth-order valence-electron chi connectivity index (χ4n) is 3.50. The third kappa shape index (κ3) is 5.60. The summed E-state index contributed by atoms with van der Waals surface area (Å²) in [4.78, 5) is 12.7. The Labute approximate surface area is 203 Å². The van der Waals surface area contributed by atoms with Crippen LogP contribution in [0.4, 0.5) is 5.69 Å². The number of amides is 1. The van der Waals surface area contributed by atoms with Gasteiger partial charge in [-0.15, -0.1) is 0 Å². The molecule has 0 bridgehead atoms. The summed E-state index contributed by atoms with van der Waals surface area (Å²) >= 11 is 0. The number of nitriles is 1. The minimum absolute atomic E-state index is 0.138. The predicted molar refractivity (Wildman–Crippen MR) is 129 cm³/mol. The monoisotopic (exact) mass is 493 g/mol. The number of carbonyl (C=O) groups excluding carboxylic acids is 1. The number of sulfonamides is 1. The minimum atomic E-state index is -3.59. The molecule has 0 radical (unpaired) electrons. The van der Waals surface area contributed by atoms with Gasteiger partial charge in [-0.2, -0.15) is 9.57 Å². The van der Waals surface area contributed by atoms with Gasteiger partial charge >= 0.3 is 0 Å². The van der Waals surface area contributed by atoms with Crippen LogP contribution in [0.25, 0.3) is 17.4 Å². The second-order valence-electron chi connectivity index (χ2n) is 7.60. The highest BCUT2D eigenvalue weighted by Crippen LogP contribution is 2.26. The summed E-state index contributed by atoms with van der Waals surface area (Å²) in [5.41, 5.74) is 1.01. The number of methoxy groups -OCH3 is 1. The van der Waals surface area contributed by atoms with Gasteiger partial charge in [-0.25, -0.2) is 8.42 Å². The molecule has 0 atom stereocenters. The van der Waals surface area contributed by atoms with Crippen molar-refractivity contribution >= 4 is 27.7 Å². The van der Waals surface area contributed by atoms with E-state index in [1.807, 2.05) is 6.07 Å². The van der Waals surface area contributed by atoms with Crippen LogP contribution >= 0.6 is 0 Å². The summed E-state index contributed by atoms with van der Waals surface area (Å²) in [5, 5.41) is 12.1. The zero-order valence-corrected chi connectivity index (χ0v) is 19.7. The number of hydrogen-bond acceptors (Lipinski definition) is 7. The van der Waals surface area contributed by atoms with Gasteiger partial charge < -0.3 is 19.2 Å². The van der Waals surface area contributed by atoms with Crippen molar-refractivity contribution in [1.29, 1.82) is 5.26 Å². The van der Waals surface area contributed by atoms with Crippen molar-refractivity contribution in [3.8, 4) is 23.1 Å². The minimum Gasteiger partial charge on any atom is -0.497 e. The predicted octanol–water partition coefficient (Wildman–Crippen LogP) is 3.52. The van der Waals surface area contributed by atoms with Crippen LogP contribution in [0.1, 0.15) is 5.76 Å². The van der Waals surface area contributed by atoms with Gasteiger partial charge in [0.05, 0.1) is 25.2 Å². The van der Waals surface area contributed by atoms with Crippen LogP contribution in [0.3, 0.4) is 0 Å². The molecular weight excluding hydrogens is 470 g/mol.